The van der Waals surface area contributed by atoms with Crippen molar-refractivity contribution < 1.29 is 14.6 Å². The minimum absolute atomic E-state index is 0.220. The first-order valence-electron chi connectivity index (χ1n) is 5.61. The van der Waals surface area contributed by atoms with Crippen molar-refractivity contribution in [1.29, 1.82) is 0 Å². The predicted octanol–water partition coefficient (Wildman–Crippen LogP) is 2.68. The second-order valence-corrected chi connectivity index (χ2v) is 3.89. The van der Waals surface area contributed by atoms with Gasteiger partial charge in [-0.15, -0.1) is 0 Å². The number of carboxylic acid groups (broad SMARTS) is 1. The fraction of sp³-hybridized carbons (Fsp3) is 0.0714. The molecule has 2 rings (SSSR count). The molecule has 0 fully saturated rings. The molecule has 2 aromatic rings. The van der Waals surface area contributed by atoms with Gasteiger partial charge in [0.2, 0.25) is 0 Å². The second-order valence-electron chi connectivity index (χ2n) is 3.89. The summed E-state index contributed by atoms with van der Waals surface area (Å²) >= 11 is 0. The Labute approximate surface area is 110 Å². The SMILES string of the molecule is Cc1cccc(Oc2ncc(/C=C/C(=O)O)cn2)c1. The summed E-state index contributed by atoms with van der Waals surface area (Å²) in [7, 11) is 0. The molecule has 5 heteroatoms. The van der Waals surface area contributed by atoms with Gasteiger partial charge in [0.25, 0.3) is 0 Å². The standard InChI is InChI=1S/C14H12N2O3/c1-10-3-2-4-12(7-10)19-14-15-8-11(9-16-14)5-6-13(17)18/h2-9H,1H3,(H,17,18)/b6-5+. The molecule has 0 spiro atoms. The lowest BCUT2D eigenvalue weighted by atomic mass is 10.2. The van der Waals surface area contributed by atoms with Crippen molar-refractivity contribution in [3.8, 4) is 11.8 Å². The van der Waals surface area contributed by atoms with E-state index in [0.29, 0.717) is 11.3 Å². The van der Waals surface area contributed by atoms with Crippen LogP contribution in [0.25, 0.3) is 6.08 Å². The van der Waals surface area contributed by atoms with Gasteiger partial charge >= 0.3 is 12.0 Å². The lowest BCUT2D eigenvalue weighted by molar-refractivity contribution is -0.131. The number of hydrogen-bond acceptors (Lipinski definition) is 4. The maximum absolute atomic E-state index is 10.4. The van der Waals surface area contributed by atoms with Gasteiger partial charge in [0.1, 0.15) is 5.75 Å². The number of carboxylic acids is 1. The van der Waals surface area contributed by atoms with Crippen molar-refractivity contribution in [3.05, 3.63) is 53.9 Å². The third kappa shape index (κ3) is 3.92. The summed E-state index contributed by atoms with van der Waals surface area (Å²) in [4.78, 5) is 18.4. The molecular weight excluding hydrogens is 244 g/mol. The van der Waals surface area contributed by atoms with E-state index in [-0.39, 0.29) is 6.01 Å². The number of aliphatic carboxylic acids is 1. The summed E-state index contributed by atoms with van der Waals surface area (Å²) < 4.78 is 5.48. The van der Waals surface area contributed by atoms with Gasteiger partial charge in [0.05, 0.1) is 0 Å². The topological polar surface area (TPSA) is 72.3 Å². The Hall–Kier alpha value is -2.69. The highest BCUT2D eigenvalue weighted by molar-refractivity contribution is 5.85. The van der Waals surface area contributed by atoms with Crippen molar-refractivity contribution >= 4 is 12.0 Å². The van der Waals surface area contributed by atoms with Crippen LogP contribution in [-0.2, 0) is 4.79 Å². The van der Waals surface area contributed by atoms with Crippen LogP contribution in [0.15, 0.2) is 42.7 Å². The Morgan fingerprint density at radius 2 is 2.05 bits per heavy atom. The fourth-order valence-electron chi connectivity index (χ4n) is 1.42. The predicted molar refractivity (Wildman–Crippen MR) is 70.0 cm³/mol. The highest BCUT2D eigenvalue weighted by Crippen LogP contribution is 2.18. The summed E-state index contributed by atoms with van der Waals surface area (Å²) in [5.74, 6) is -0.353. The Kier molecular flexibility index (Phi) is 3.87. The lowest BCUT2D eigenvalue weighted by Crippen LogP contribution is -1.92. The molecule has 0 radical (unpaired) electrons. The van der Waals surface area contributed by atoms with E-state index in [1.54, 1.807) is 0 Å². The Morgan fingerprint density at radius 1 is 1.32 bits per heavy atom. The number of ether oxygens (including phenoxy) is 1. The molecule has 19 heavy (non-hydrogen) atoms. The zero-order chi connectivity index (χ0) is 13.7. The van der Waals surface area contributed by atoms with Gasteiger partial charge < -0.3 is 9.84 Å². The minimum Gasteiger partial charge on any atom is -0.478 e. The quantitative estimate of drug-likeness (QED) is 0.851. The Morgan fingerprint density at radius 3 is 2.68 bits per heavy atom. The molecule has 0 amide bonds. The number of aryl methyl sites for hydroxylation is 1. The van der Waals surface area contributed by atoms with Crippen LogP contribution in [0.1, 0.15) is 11.1 Å². The molecule has 1 aromatic carbocycles. The summed E-state index contributed by atoms with van der Waals surface area (Å²) in [6.07, 6.45) is 5.44. The Bertz CT molecular complexity index is 606. The number of rotatable bonds is 4. The third-order valence-corrected chi connectivity index (χ3v) is 2.27. The zero-order valence-corrected chi connectivity index (χ0v) is 10.3. The molecule has 0 aliphatic carbocycles. The lowest BCUT2D eigenvalue weighted by Gasteiger charge is -2.04. The minimum atomic E-state index is -1.01. The van der Waals surface area contributed by atoms with Crippen molar-refractivity contribution in [1.82, 2.24) is 9.97 Å². The molecule has 1 heterocycles. The smallest absolute Gasteiger partial charge is 0.328 e. The first-order valence-corrected chi connectivity index (χ1v) is 5.61. The molecule has 0 bridgehead atoms. The van der Waals surface area contributed by atoms with E-state index in [0.717, 1.165) is 11.6 Å². The van der Waals surface area contributed by atoms with E-state index in [1.807, 2.05) is 31.2 Å². The molecule has 0 saturated heterocycles. The number of aromatic nitrogens is 2. The van der Waals surface area contributed by atoms with Gasteiger partial charge in [0.15, 0.2) is 0 Å². The summed E-state index contributed by atoms with van der Waals surface area (Å²) in [6.45, 7) is 1.97. The normalized spacial score (nSPS) is 10.6. The highest BCUT2D eigenvalue weighted by Gasteiger charge is 2.00. The van der Waals surface area contributed by atoms with Gasteiger partial charge in [0, 0.05) is 24.0 Å². The van der Waals surface area contributed by atoms with Gasteiger partial charge in [-0.25, -0.2) is 14.8 Å². The van der Waals surface area contributed by atoms with Gasteiger partial charge in [-0.3, -0.25) is 0 Å². The van der Waals surface area contributed by atoms with Crippen molar-refractivity contribution in [2.75, 3.05) is 0 Å². The van der Waals surface area contributed by atoms with Crippen LogP contribution < -0.4 is 4.74 Å². The molecule has 96 valence electrons. The van der Waals surface area contributed by atoms with Crippen LogP contribution in [-0.4, -0.2) is 21.0 Å². The first-order chi connectivity index (χ1) is 9.13. The molecule has 5 nitrogen and oxygen atoms in total. The number of hydrogen-bond donors (Lipinski definition) is 1. The molecular formula is C14H12N2O3. The maximum Gasteiger partial charge on any atom is 0.328 e. The Balaban J connectivity index is 2.08. The van der Waals surface area contributed by atoms with Crippen molar-refractivity contribution in [3.63, 3.8) is 0 Å². The molecule has 0 aliphatic rings. The largest absolute Gasteiger partial charge is 0.478 e. The van der Waals surface area contributed by atoms with E-state index in [4.69, 9.17) is 9.84 Å². The summed E-state index contributed by atoms with van der Waals surface area (Å²) in [5.41, 5.74) is 1.68. The van der Waals surface area contributed by atoms with E-state index in [1.165, 1.54) is 18.5 Å². The van der Waals surface area contributed by atoms with Crippen LogP contribution in [0.5, 0.6) is 11.8 Å². The number of benzene rings is 1. The molecule has 1 aromatic heterocycles. The zero-order valence-electron chi connectivity index (χ0n) is 10.3. The van der Waals surface area contributed by atoms with E-state index < -0.39 is 5.97 Å². The van der Waals surface area contributed by atoms with Crippen molar-refractivity contribution in [2.24, 2.45) is 0 Å². The van der Waals surface area contributed by atoms with Crippen molar-refractivity contribution in [2.45, 2.75) is 6.92 Å². The fourth-order valence-corrected chi connectivity index (χ4v) is 1.42. The average Bonchev–Trinajstić information content (AvgIpc) is 2.38. The molecule has 0 unspecified atom stereocenters. The molecule has 0 aliphatic heterocycles. The van der Waals surface area contributed by atoms with E-state index >= 15 is 0 Å². The molecule has 0 atom stereocenters. The molecule has 0 saturated carbocycles. The average molecular weight is 256 g/mol. The van der Waals surface area contributed by atoms with Gasteiger partial charge in [-0.05, 0) is 30.7 Å². The summed E-state index contributed by atoms with van der Waals surface area (Å²) in [5, 5.41) is 8.50. The number of nitrogens with zero attached hydrogens (tertiary/aromatic N) is 2. The van der Waals surface area contributed by atoms with E-state index in [9.17, 15) is 4.79 Å². The van der Waals surface area contributed by atoms with Crippen LogP contribution in [0.2, 0.25) is 0 Å². The highest BCUT2D eigenvalue weighted by atomic mass is 16.5. The number of carbonyl (C=O) groups is 1. The third-order valence-electron chi connectivity index (χ3n) is 2.27. The monoisotopic (exact) mass is 256 g/mol. The summed E-state index contributed by atoms with van der Waals surface area (Å²) in [6, 6.07) is 7.76. The second kappa shape index (κ2) is 5.77. The maximum atomic E-state index is 10.4. The first kappa shape index (κ1) is 12.8. The molecule has 1 N–H and O–H groups in total. The van der Waals surface area contributed by atoms with Gasteiger partial charge in [-0.2, -0.15) is 0 Å². The van der Waals surface area contributed by atoms with Gasteiger partial charge in [-0.1, -0.05) is 12.1 Å². The van der Waals surface area contributed by atoms with Crippen LogP contribution in [0.3, 0.4) is 0 Å². The van der Waals surface area contributed by atoms with E-state index in [2.05, 4.69) is 9.97 Å². The van der Waals surface area contributed by atoms with Crippen LogP contribution in [0.4, 0.5) is 0 Å². The van der Waals surface area contributed by atoms with Crippen LogP contribution in [0, 0.1) is 6.92 Å². The van der Waals surface area contributed by atoms with Crippen LogP contribution >= 0.6 is 0 Å².